The minimum absolute atomic E-state index is 0.125. The van der Waals surface area contributed by atoms with Crippen molar-refractivity contribution in [3.8, 4) is 0 Å². The van der Waals surface area contributed by atoms with E-state index in [1.54, 1.807) is 12.7 Å². The lowest BCUT2D eigenvalue weighted by atomic mass is 10.1. The van der Waals surface area contributed by atoms with E-state index in [9.17, 15) is 9.59 Å². The number of carbonyl (C=O) groups is 2. The molecule has 3 aliphatic rings. The molecule has 1 atom stereocenters. The molecule has 1 aromatic rings. The van der Waals surface area contributed by atoms with Crippen LogP contribution in [0.4, 0.5) is 0 Å². The Kier molecular flexibility index (Phi) is 4.22. The van der Waals surface area contributed by atoms with Gasteiger partial charge in [0.2, 0.25) is 11.8 Å². The number of aromatic nitrogens is 3. The Morgan fingerprint density at radius 3 is 2.62 bits per heavy atom. The number of hydrogen-bond donors (Lipinski definition) is 0. The van der Waals surface area contributed by atoms with Gasteiger partial charge in [0.15, 0.2) is 0 Å². The van der Waals surface area contributed by atoms with E-state index >= 15 is 0 Å². The Morgan fingerprint density at radius 1 is 1.17 bits per heavy atom. The first-order valence-electron chi connectivity index (χ1n) is 8.84. The van der Waals surface area contributed by atoms with Crippen molar-refractivity contribution in [3.63, 3.8) is 0 Å². The molecule has 130 valence electrons. The maximum Gasteiger partial charge on any atom is 0.228 e. The fourth-order valence-corrected chi connectivity index (χ4v) is 3.68. The number of hydrogen-bond acceptors (Lipinski definition) is 5. The molecule has 1 aromatic heterocycles. The fraction of sp³-hybridized carbons (Fsp3) is 0.750. The molecule has 24 heavy (non-hydrogen) atoms. The first-order valence-corrected chi connectivity index (χ1v) is 8.84. The van der Waals surface area contributed by atoms with Crippen molar-refractivity contribution in [2.24, 2.45) is 5.92 Å². The van der Waals surface area contributed by atoms with E-state index in [0.717, 1.165) is 52.1 Å². The molecule has 3 heterocycles. The lowest BCUT2D eigenvalue weighted by Gasteiger charge is -2.35. The van der Waals surface area contributed by atoms with E-state index in [1.807, 2.05) is 14.5 Å². The number of nitrogens with zero attached hydrogens (tertiary/aromatic N) is 6. The Labute approximate surface area is 141 Å². The molecule has 0 bridgehead atoms. The first kappa shape index (κ1) is 15.6. The minimum atomic E-state index is -0.125. The number of likely N-dealkylation sites (tertiary alicyclic amines) is 1. The van der Waals surface area contributed by atoms with Crippen LogP contribution < -0.4 is 0 Å². The van der Waals surface area contributed by atoms with Crippen LogP contribution in [-0.4, -0.2) is 86.6 Å². The fourth-order valence-electron chi connectivity index (χ4n) is 3.68. The minimum Gasteiger partial charge on any atom is -0.340 e. The summed E-state index contributed by atoms with van der Waals surface area (Å²) in [4.78, 5) is 34.9. The molecule has 0 N–H and O–H groups in total. The molecular formula is C16H24N6O2. The van der Waals surface area contributed by atoms with Gasteiger partial charge in [0.1, 0.15) is 12.7 Å². The largest absolute Gasteiger partial charge is 0.340 e. The van der Waals surface area contributed by atoms with Crippen LogP contribution in [0.5, 0.6) is 0 Å². The predicted molar refractivity (Wildman–Crippen MR) is 85.9 cm³/mol. The summed E-state index contributed by atoms with van der Waals surface area (Å²) in [6.45, 7) is 5.65. The SMILES string of the molecule is O=C([C@@H]1CC(=O)N(C2CC2)C1)N1CCN(CCn2cncn2)CC1. The summed E-state index contributed by atoms with van der Waals surface area (Å²) in [6.07, 6.45) is 5.89. The molecule has 0 aromatic carbocycles. The Bertz CT molecular complexity index is 592. The summed E-state index contributed by atoms with van der Waals surface area (Å²) in [5.41, 5.74) is 0. The summed E-state index contributed by atoms with van der Waals surface area (Å²) in [5.74, 6) is 0.213. The second-order valence-corrected chi connectivity index (χ2v) is 7.00. The second kappa shape index (κ2) is 6.51. The van der Waals surface area contributed by atoms with Crippen LogP contribution in [-0.2, 0) is 16.1 Å². The third-order valence-electron chi connectivity index (χ3n) is 5.29. The van der Waals surface area contributed by atoms with Gasteiger partial charge in [-0.15, -0.1) is 0 Å². The molecule has 3 fully saturated rings. The van der Waals surface area contributed by atoms with Crippen LogP contribution in [0.2, 0.25) is 0 Å². The topological polar surface area (TPSA) is 74.6 Å². The van der Waals surface area contributed by atoms with Gasteiger partial charge >= 0.3 is 0 Å². The Balaban J connectivity index is 1.23. The highest BCUT2D eigenvalue weighted by Gasteiger charge is 2.43. The van der Waals surface area contributed by atoms with E-state index in [-0.39, 0.29) is 17.7 Å². The van der Waals surface area contributed by atoms with Crippen molar-refractivity contribution in [1.29, 1.82) is 0 Å². The molecule has 2 aliphatic heterocycles. The summed E-state index contributed by atoms with van der Waals surface area (Å²) in [5, 5.41) is 4.11. The van der Waals surface area contributed by atoms with Gasteiger partial charge in [0, 0.05) is 51.7 Å². The number of rotatable bonds is 5. The van der Waals surface area contributed by atoms with Crippen molar-refractivity contribution < 1.29 is 9.59 Å². The van der Waals surface area contributed by atoms with Gasteiger partial charge in [-0.1, -0.05) is 0 Å². The highest BCUT2D eigenvalue weighted by atomic mass is 16.2. The van der Waals surface area contributed by atoms with Crippen LogP contribution in [0.15, 0.2) is 12.7 Å². The lowest BCUT2D eigenvalue weighted by molar-refractivity contribution is -0.137. The Morgan fingerprint density at radius 2 is 1.96 bits per heavy atom. The van der Waals surface area contributed by atoms with E-state index in [1.165, 1.54) is 0 Å². The highest BCUT2D eigenvalue weighted by Crippen LogP contribution is 2.33. The highest BCUT2D eigenvalue weighted by molar-refractivity contribution is 5.89. The van der Waals surface area contributed by atoms with Crippen molar-refractivity contribution in [3.05, 3.63) is 12.7 Å². The molecule has 2 saturated heterocycles. The van der Waals surface area contributed by atoms with Gasteiger partial charge in [-0.3, -0.25) is 19.2 Å². The van der Waals surface area contributed by atoms with Gasteiger partial charge in [0.05, 0.1) is 12.5 Å². The van der Waals surface area contributed by atoms with Crippen molar-refractivity contribution in [1.82, 2.24) is 29.5 Å². The summed E-state index contributed by atoms with van der Waals surface area (Å²) in [7, 11) is 0. The third-order valence-corrected chi connectivity index (χ3v) is 5.29. The predicted octanol–water partition coefficient (Wildman–Crippen LogP) is -0.567. The number of piperazine rings is 1. The average Bonchev–Trinajstić information content (AvgIpc) is 3.16. The quantitative estimate of drug-likeness (QED) is 0.722. The van der Waals surface area contributed by atoms with E-state index in [4.69, 9.17) is 0 Å². The van der Waals surface area contributed by atoms with Crippen LogP contribution in [0.3, 0.4) is 0 Å². The van der Waals surface area contributed by atoms with Crippen molar-refractivity contribution in [2.75, 3.05) is 39.3 Å². The average molecular weight is 332 g/mol. The standard InChI is InChI=1S/C16H24N6O2/c23-15-9-13(10-22(15)14-1-2-14)16(24)20-6-3-19(4-7-20)5-8-21-12-17-11-18-21/h11-14H,1-10H2/t13-/m1/s1. The normalized spacial score (nSPS) is 25.5. The van der Waals surface area contributed by atoms with Crippen LogP contribution in [0.1, 0.15) is 19.3 Å². The monoisotopic (exact) mass is 332 g/mol. The van der Waals surface area contributed by atoms with Crippen LogP contribution in [0, 0.1) is 5.92 Å². The molecule has 0 spiro atoms. The lowest BCUT2D eigenvalue weighted by Crippen LogP contribution is -2.51. The summed E-state index contributed by atoms with van der Waals surface area (Å²) in [6, 6.07) is 0.420. The van der Waals surface area contributed by atoms with Gasteiger partial charge < -0.3 is 9.80 Å². The van der Waals surface area contributed by atoms with E-state index in [2.05, 4.69) is 15.0 Å². The van der Waals surface area contributed by atoms with Crippen LogP contribution >= 0.6 is 0 Å². The zero-order valence-corrected chi connectivity index (χ0v) is 13.9. The molecule has 8 heteroatoms. The summed E-state index contributed by atoms with van der Waals surface area (Å²) >= 11 is 0. The van der Waals surface area contributed by atoms with Gasteiger partial charge in [0.25, 0.3) is 0 Å². The molecule has 2 amide bonds. The smallest absolute Gasteiger partial charge is 0.228 e. The van der Waals surface area contributed by atoms with Crippen LogP contribution in [0.25, 0.3) is 0 Å². The van der Waals surface area contributed by atoms with Gasteiger partial charge in [-0.05, 0) is 12.8 Å². The maximum atomic E-state index is 12.7. The maximum absolute atomic E-state index is 12.7. The molecule has 1 saturated carbocycles. The molecule has 1 aliphatic carbocycles. The third kappa shape index (κ3) is 3.28. The van der Waals surface area contributed by atoms with E-state index < -0.39 is 0 Å². The van der Waals surface area contributed by atoms with Crippen molar-refractivity contribution in [2.45, 2.75) is 31.8 Å². The number of amides is 2. The first-order chi connectivity index (χ1) is 11.7. The van der Waals surface area contributed by atoms with E-state index in [0.29, 0.717) is 19.0 Å². The number of carbonyl (C=O) groups excluding carboxylic acids is 2. The Hall–Kier alpha value is -1.96. The van der Waals surface area contributed by atoms with Gasteiger partial charge in [-0.25, -0.2) is 4.98 Å². The molecule has 0 radical (unpaired) electrons. The molecular weight excluding hydrogens is 308 g/mol. The zero-order chi connectivity index (χ0) is 16.5. The molecule has 8 nitrogen and oxygen atoms in total. The molecule has 4 rings (SSSR count). The molecule has 0 unspecified atom stereocenters. The second-order valence-electron chi connectivity index (χ2n) is 7.00. The summed E-state index contributed by atoms with van der Waals surface area (Å²) < 4.78 is 1.83. The zero-order valence-electron chi connectivity index (χ0n) is 13.9. The van der Waals surface area contributed by atoms with Crippen molar-refractivity contribution >= 4 is 11.8 Å². The van der Waals surface area contributed by atoms with Gasteiger partial charge in [-0.2, -0.15) is 5.10 Å².